The lowest BCUT2D eigenvalue weighted by Crippen LogP contribution is -2.17. The number of nitrogen functional groups attached to an aromatic ring is 1. The van der Waals surface area contributed by atoms with Gasteiger partial charge in [-0.05, 0) is 18.1 Å². The molecule has 0 fully saturated rings. The van der Waals surface area contributed by atoms with Crippen LogP contribution in [0, 0.1) is 0 Å². The van der Waals surface area contributed by atoms with Gasteiger partial charge in [0.25, 0.3) is 0 Å². The number of hydrogen-bond acceptors (Lipinski definition) is 4. The van der Waals surface area contributed by atoms with Gasteiger partial charge >= 0.3 is 5.97 Å². The summed E-state index contributed by atoms with van der Waals surface area (Å²) < 4.78 is 0. The van der Waals surface area contributed by atoms with Gasteiger partial charge in [0.15, 0.2) is 0 Å². The van der Waals surface area contributed by atoms with Gasteiger partial charge in [0.05, 0.1) is 0 Å². The minimum atomic E-state index is -0.990. The van der Waals surface area contributed by atoms with Gasteiger partial charge < -0.3 is 10.8 Å². The Hall–Kier alpha value is -2.95. The Morgan fingerprint density at radius 3 is 2.23 bits per heavy atom. The molecule has 0 saturated carbocycles. The van der Waals surface area contributed by atoms with Crippen LogP contribution >= 0.6 is 0 Å². The molecular formula is C17H15NO4. The fraction of sp³-hybridized carbons (Fsp3) is 0.118. The van der Waals surface area contributed by atoms with Crippen molar-refractivity contribution in [3.63, 3.8) is 0 Å². The van der Waals surface area contributed by atoms with E-state index in [1.165, 1.54) is 6.07 Å². The summed E-state index contributed by atoms with van der Waals surface area (Å²) >= 11 is 0. The van der Waals surface area contributed by atoms with E-state index in [2.05, 4.69) is 0 Å². The average molecular weight is 297 g/mol. The van der Waals surface area contributed by atoms with Crippen LogP contribution in [-0.2, 0) is 11.2 Å². The van der Waals surface area contributed by atoms with Crippen LogP contribution in [-0.4, -0.2) is 22.6 Å². The summed E-state index contributed by atoms with van der Waals surface area (Å²) in [5, 5.41) is 8.79. The monoisotopic (exact) mass is 297 g/mol. The third-order valence-electron chi connectivity index (χ3n) is 3.29. The number of benzene rings is 2. The fourth-order valence-electron chi connectivity index (χ4n) is 2.17. The topological polar surface area (TPSA) is 97.5 Å². The molecule has 0 saturated heterocycles. The van der Waals surface area contributed by atoms with E-state index in [0.29, 0.717) is 16.8 Å². The molecule has 2 aromatic rings. The van der Waals surface area contributed by atoms with Crippen molar-refractivity contribution in [3.05, 3.63) is 65.2 Å². The van der Waals surface area contributed by atoms with Gasteiger partial charge in [0.2, 0.25) is 11.6 Å². The lowest BCUT2D eigenvalue weighted by Gasteiger charge is -2.10. The van der Waals surface area contributed by atoms with Gasteiger partial charge in [-0.1, -0.05) is 42.5 Å². The smallest absolute Gasteiger partial charge is 0.303 e. The number of carbonyl (C=O) groups is 3. The lowest BCUT2D eigenvalue weighted by atomic mass is 9.94. The number of carboxylic acid groups (broad SMARTS) is 1. The second kappa shape index (κ2) is 6.67. The zero-order valence-electron chi connectivity index (χ0n) is 11.8. The Morgan fingerprint density at radius 1 is 0.909 bits per heavy atom. The minimum Gasteiger partial charge on any atom is -0.481 e. The summed E-state index contributed by atoms with van der Waals surface area (Å²) in [7, 11) is 0. The molecular weight excluding hydrogens is 282 g/mol. The van der Waals surface area contributed by atoms with Crippen LogP contribution in [0.2, 0.25) is 0 Å². The molecule has 0 spiro atoms. The van der Waals surface area contributed by atoms with Crippen molar-refractivity contribution in [2.45, 2.75) is 12.8 Å². The van der Waals surface area contributed by atoms with Crippen LogP contribution in [0.3, 0.4) is 0 Å². The molecule has 0 heterocycles. The molecule has 0 aliphatic rings. The van der Waals surface area contributed by atoms with Crippen molar-refractivity contribution in [1.29, 1.82) is 0 Å². The minimum absolute atomic E-state index is 0.102. The number of anilines is 1. The van der Waals surface area contributed by atoms with Crippen LogP contribution < -0.4 is 5.73 Å². The van der Waals surface area contributed by atoms with Crippen molar-refractivity contribution >= 4 is 23.2 Å². The number of nitrogens with two attached hydrogens (primary N) is 1. The van der Waals surface area contributed by atoms with Gasteiger partial charge in [-0.2, -0.15) is 0 Å². The SMILES string of the molecule is Nc1cccc(C(=O)C(=O)c2ccccc2)c1CCC(=O)O. The van der Waals surface area contributed by atoms with E-state index in [1.54, 1.807) is 42.5 Å². The molecule has 5 heteroatoms. The molecule has 2 rings (SSSR count). The predicted molar refractivity (Wildman–Crippen MR) is 81.9 cm³/mol. The first-order valence-corrected chi connectivity index (χ1v) is 6.74. The summed E-state index contributed by atoms with van der Waals surface area (Å²) in [6.45, 7) is 0. The van der Waals surface area contributed by atoms with Gasteiger partial charge in [-0.15, -0.1) is 0 Å². The Labute approximate surface area is 127 Å². The second-order valence-electron chi connectivity index (χ2n) is 4.79. The Bertz CT molecular complexity index is 723. The van der Waals surface area contributed by atoms with E-state index in [1.807, 2.05) is 0 Å². The fourth-order valence-corrected chi connectivity index (χ4v) is 2.17. The first-order valence-electron chi connectivity index (χ1n) is 6.74. The molecule has 0 aliphatic carbocycles. The third kappa shape index (κ3) is 3.38. The van der Waals surface area contributed by atoms with E-state index in [-0.39, 0.29) is 18.4 Å². The first kappa shape index (κ1) is 15.4. The van der Waals surface area contributed by atoms with Crippen LogP contribution in [0.1, 0.15) is 32.7 Å². The lowest BCUT2D eigenvalue weighted by molar-refractivity contribution is -0.136. The number of Topliss-reactive ketones (excluding diaryl/α,β-unsaturated/α-hetero) is 2. The summed E-state index contributed by atoms with van der Waals surface area (Å²) in [6, 6.07) is 12.9. The van der Waals surface area contributed by atoms with Crippen molar-refractivity contribution in [3.8, 4) is 0 Å². The van der Waals surface area contributed by atoms with Crippen LogP contribution in [0.4, 0.5) is 5.69 Å². The molecule has 0 aliphatic heterocycles. The normalized spacial score (nSPS) is 10.2. The zero-order chi connectivity index (χ0) is 16.1. The average Bonchev–Trinajstić information content (AvgIpc) is 2.52. The third-order valence-corrected chi connectivity index (χ3v) is 3.29. The summed E-state index contributed by atoms with van der Waals surface area (Å²) in [5.74, 6) is -2.31. The Kier molecular flexibility index (Phi) is 4.68. The molecule has 0 amide bonds. The molecule has 3 N–H and O–H groups in total. The maximum atomic E-state index is 12.4. The number of ketones is 2. The predicted octanol–water partition coefficient (Wildman–Crippen LogP) is 2.35. The second-order valence-corrected chi connectivity index (χ2v) is 4.79. The Balaban J connectivity index is 2.35. The molecule has 0 bridgehead atoms. The van der Waals surface area contributed by atoms with E-state index in [0.717, 1.165) is 0 Å². The van der Waals surface area contributed by atoms with E-state index in [9.17, 15) is 14.4 Å². The number of aliphatic carboxylic acids is 1. The van der Waals surface area contributed by atoms with Gasteiger partial charge in [0.1, 0.15) is 0 Å². The van der Waals surface area contributed by atoms with Gasteiger partial charge in [-0.3, -0.25) is 14.4 Å². The van der Waals surface area contributed by atoms with Gasteiger partial charge in [-0.25, -0.2) is 0 Å². The standard InChI is InChI=1S/C17H15NO4/c18-14-8-4-7-13(12(14)9-10-15(19)20)17(22)16(21)11-5-2-1-3-6-11/h1-8H,9-10,18H2,(H,19,20). The Morgan fingerprint density at radius 2 is 1.59 bits per heavy atom. The van der Waals surface area contributed by atoms with Crippen molar-refractivity contribution < 1.29 is 19.5 Å². The van der Waals surface area contributed by atoms with Crippen molar-refractivity contribution in [2.75, 3.05) is 5.73 Å². The zero-order valence-corrected chi connectivity index (χ0v) is 11.8. The van der Waals surface area contributed by atoms with Gasteiger partial charge in [0, 0.05) is 23.2 Å². The summed E-state index contributed by atoms with van der Waals surface area (Å²) in [5.41, 5.74) is 7.00. The molecule has 2 aromatic carbocycles. The number of rotatable bonds is 6. The number of hydrogen-bond donors (Lipinski definition) is 2. The maximum absolute atomic E-state index is 12.4. The number of carbonyl (C=O) groups excluding carboxylic acids is 2. The quantitative estimate of drug-likeness (QED) is 0.484. The molecule has 0 atom stereocenters. The van der Waals surface area contributed by atoms with Crippen LogP contribution in [0.5, 0.6) is 0 Å². The highest BCUT2D eigenvalue weighted by molar-refractivity contribution is 6.49. The maximum Gasteiger partial charge on any atom is 0.303 e. The van der Waals surface area contributed by atoms with Crippen molar-refractivity contribution in [1.82, 2.24) is 0 Å². The highest BCUT2D eigenvalue weighted by Crippen LogP contribution is 2.21. The highest BCUT2D eigenvalue weighted by Gasteiger charge is 2.22. The first-order chi connectivity index (χ1) is 10.5. The molecule has 5 nitrogen and oxygen atoms in total. The molecule has 112 valence electrons. The van der Waals surface area contributed by atoms with Crippen LogP contribution in [0.15, 0.2) is 48.5 Å². The molecule has 0 aromatic heterocycles. The van der Waals surface area contributed by atoms with Crippen molar-refractivity contribution in [2.24, 2.45) is 0 Å². The molecule has 0 radical (unpaired) electrons. The van der Waals surface area contributed by atoms with E-state index < -0.39 is 17.5 Å². The van der Waals surface area contributed by atoms with E-state index >= 15 is 0 Å². The van der Waals surface area contributed by atoms with E-state index in [4.69, 9.17) is 10.8 Å². The highest BCUT2D eigenvalue weighted by atomic mass is 16.4. The summed E-state index contributed by atoms with van der Waals surface area (Å²) in [6.07, 6.45) is -0.0564. The number of carboxylic acids is 1. The molecule has 22 heavy (non-hydrogen) atoms. The van der Waals surface area contributed by atoms with Crippen LogP contribution in [0.25, 0.3) is 0 Å². The molecule has 0 unspecified atom stereocenters. The summed E-state index contributed by atoms with van der Waals surface area (Å²) in [4.78, 5) is 35.4. The largest absolute Gasteiger partial charge is 0.481 e.